The van der Waals surface area contributed by atoms with Gasteiger partial charge >= 0.3 is 0 Å². The number of imidazole rings is 1. The number of fused-ring (bicyclic) bond motifs is 1. The van der Waals surface area contributed by atoms with Crippen LogP contribution in [0.1, 0.15) is 23.0 Å². The fourth-order valence-electron chi connectivity index (χ4n) is 2.48. The van der Waals surface area contributed by atoms with Crippen molar-refractivity contribution in [1.82, 2.24) is 19.7 Å². The van der Waals surface area contributed by atoms with Crippen molar-refractivity contribution in [3.63, 3.8) is 0 Å². The van der Waals surface area contributed by atoms with Gasteiger partial charge in [-0.25, -0.2) is 4.98 Å². The first-order valence-corrected chi connectivity index (χ1v) is 6.61. The third-order valence-corrected chi connectivity index (χ3v) is 3.72. The lowest BCUT2D eigenvalue weighted by atomic mass is 9.95. The molecule has 0 amide bonds. The Morgan fingerprint density at radius 1 is 1.30 bits per heavy atom. The Kier molecular flexibility index (Phi) is 3.20. The van der Waals surface area contributed by atoms with E-state index in [9.17, 15) is 0 Å². The van der Waals surface area contributed by atoms with Gasteiger partial charge in [0.15, 0.2) is 0 Å². The number of aromatic nitrogens is 4. The maximum Gasteiger partial charge on any atom is 0.106 e. The lowest BCUT2D eigenvalue weighted by Crippen LogP contribution is -2.15. The fourth-order valence-corrected chi connectivity index (χ4v) is 2.48. The van der Waals surface area contributed by atoms with Crippen molar-refractivity contribution in [3.05, 3.63) is 53.6 Å². The van der Waals surface area contributed by atoms with E-state index in [1.807, 2.05) is 26.1 Å². The van der Waals surface area contributed by atoms with E-state index >= 15 is 0 Å². The first-order chi connectivity index (χ1) is 9.70. The number of hydrogen-bond acceptors (Lipinski definition) is 4. The normalized spacial score (nSPS) is 12.8. The second-order valence-corrected chi connectivity index (χ2v) is 4.90. The lowest BCUT2D eigenvalue weighted by Gasteiger charge is -2.14. The van der Waals surface area contributed by atoms with Crippen LogP contribution < -0.4 is 5.73 Å². The van der Waals surface area contributed by atoms with Crippen molar-refractivity contribution in [3.8, 4) is 0 Å². The van der Waals surface area contributed by atoms with Gasteiger partial charge < -0.3 is 10.3 Å². The molecule has 0 aliphatic rings. The molecular formula is C15H17N5. The van der Waals surface area contributed by atoms with E-state index in [4.69, 9.17) is 5.73 Å². The van der Waals surface area contributed by atoms with Gasteiger partial charge in [-0.05, 0) is 36.8 Å². The number of aryl methyl sites for hydroxylation is 2. The molecule has 0 fully saturated rings. The summed E-state index contributed by atoms with van der Waals surface area (Å²) in [6.45, 7) is 2.50. The van der Waals surface area contributed by atoms with E-state index in [1.54, 1.807) is 6.20 Å². The largest absolute Gasteiger partial charge is 0.331 e. The average Bonchev–Trinajstić information content (AvgIpc) is 2.76. The van der Waals surface area contributed by atoms with Crippen LogP contribution in [0, 0.1) is 6.92 Å². The Balaban J connectivity index is 2.08. The molecule has 0 saturated carbocycles. The van der Waals surface area contributed by atoms with Crippen LogP contribution in [0.4, 0.5) is 0 Å². The Morgan fingerprint density at radius 3 is 2.85 bits per heavy atom. The summed E-state index contributed by atoms with van der Waals surface area (Å²) < 4.78 is 2.08. The molecule has 2 aromatic heterocycles. The van der Waals surface area contributed by atoms with E-state index < -0.39 is 0 Å². The van der Waals surface area contributed by atoms with Crippen LogP contribution in [0.15, 0.2) is 36.5 Å². The highest BCUT2D eigenvalue weighted by atomic mass is 15.1. The van der Waals surface area contributed by atoms with Gasteiger partial charge in [-0.3, -0.25) is 0 Å². The SMILES string of the molecule is Cc1nc2cc(C(CN)c3cccnn3)ccc2n1C. The molecule has 1 aromatic carbocycles. The molecule has 0 aliphatic carbocycles. The molecule has 20 heavy (non-hydrogen) atoms. The molecule has 1 unspecified atom stereocenters. The Labute approximate surface area is 117 Å². The molecule has 3 aromatic rings. The van der Waals surface area contributed by atoms with Crippen molar-refractivity contribution in [2.45, 2.75) is 12.8 Å². The number of hydrogen-bond donors (Lipinski definition) is 1. The predicted molar refractivity (Wildman–Crippen MR) is 78.4 cm³/mol. The Bertz CT molecular complexity index is 733. The highest BCUT2D eigenvalue weighted by Gasteiger charge is 2.15. The molecular weight excluding hydrogens is 250 g/mol. The van der Waals surface area contributed by atoms with Crippen LogP contribution in [0.25, 0.3) is 11.0 Å². The topological polar surface area (TPSA) is 69.6 Å². The Hall–Kier alpha value is -2.27. The third kappa shape index (κ3) is 2.06. The molecule has 0 aliphatic heterocycles. The quantitative estimate of drug-likeness (QED) is 0.785. The van der Waals surface area contributed by atoms with Gasteiger partial charge in [0.25, 0.3) is 0 Å². The highest BCUT2D eigenvalue weighted by molar-refractivity contribution is 5.77. The summed E-state index contributed by atoms with van der Waals surface area (Å²) in [4.78, 5) is 4.57. The molecule has 0 radical (unpaired) electrons. The van der Waals surface area contributed by atoms with Gasteiger partial charge in [0.2, 0.25) is 0 Å². The van der Waals surface area contributed by atoms with Crippen LogP contribution in [0.2, 0.25) is 0 Å². The van der Waals surface area contributed by atoms with Gasteiger partial charge in [-0.1, -0.05) is 6.07 Å². The first kappa shape index (κ1) is 12.7. The standard InChI is InChI=1S/C15H17N5/c1-10-18-14-8-11(5-6-15(14)20(10)2)12(9-16)13-4-3-7-17-19-13/h3-8,12H,9,16H2,1-2H3. The van der Waals surface area contributed by atoms with E-state index in [-0.39, 0.29) is 5.92 Å². The number of benzene rings is 1. The number of rotatable bonds is 3. The molecule has 5 nitrogen and oxygen atoms in total. The highest BCUT2D eigenvalue weighted by Crippen LogP contribution is 2.25. The van der Waals surface area contributed by atoms with Gasteiger partial charge in [-0.15, -0.1) is 0 Å². The molecule has 0 spiro atoms. The summed E-state index contributed by atoms with van der Waals surface area (Å²) >= 11 is 0. The van der Waals surface area contributed by atoms with E-state index in [1.165, 1.54) is 0 Å². The van der Waals surface area contributed by atoms with Crippen molar-refractivity contribution < 1.29 is 0 Å². The fraction of sp³-hybridized carbons (Fsp3) is 0.267. The monoisotopic (exact) mass is 267 g/mol. The van der Waals surface area contributed by atoms with Crippen molar-refractivity contribution >= 4 is 11.0 Å². The van der Waals surface area contributed by atoms with Crippen LogP contribution in [-0.4, -0.2) is 26.3 Å². The van der Waals surface area contributed by atoms with E-state index in [2.05, 4.69) is 37.9 Å². The predicted octanol–water partition coefficient (Wildman–Crippen LogP) is 1.76. The summed E-state index contributed by atoms with van der Waals surface area (Å²) in [5.41, 5.74) is 10.1. The summed E-state index contributed by atoms with van der Waals surface area (Å²) in [7, 11) is 2.02. The molecule has 5 heteroatoms. The molecule has 2 N–H and O–H groups in total. The zero-order valence-corrected chi connectivity index (χ0v) is 11.6. The van der Waals surface area contributed by atoms with E-state index in [0.717, 1.165) is 28.1 Å². The van der Waals surface area contributed by atoms with Crippen LogP contribution in [0.3, 0.4) is 0 Å². The Morgan fingerprint density at radius 2 is 2.15 bits per heavy atom. The molecule has 0 bridgehead atoms. The summed E-state index contributed by atoms with van der Waals surface area (Å²) in [5, 5.41) is 8.11. The minimum Gasteiger partial charge on any atom is -0.331 e. The molecule has 0 saturated heterocycles. The smallest absolute Gasteiger partial charge is 0.106 e. The summed E-state index contributed by atoms with van der Waals surface area (Å²) in [6, 6.07) is 10.1. The first-order valence-electron chi connectivity index (χ1n) is 6.61. The maximum atomic E-state index is 5.92. The average molecular weight is 267 g/mol. The third-order valence-electron chi connectivity index (χ3n) is 3.72. The van der Waals surface area contributed by atoms with Crippen LogP contribution >= 0.6 is 0 Å². The maximum absolute atomic E-state index is 5.92. The van der Waals surface area contributed by atoms with Gasteiger partial charge in [-0.2, -0.15) is 10.2 Å². The van der Waals surface area contributed by atoms with E-state index in [0.29, 0.717) is 6.54 Å². The zero-order chi connectivity index (χ0) is 14.1. The molecule has 2 heterocycles. The van der Waals surface area contributed by atoms with Crippen LogP contribution in [0.5, 0.6) is 0 Å². The van der Waals surface area contributed by atoms with Gasteiger partial charge in [0.1, 0.15) is 5.82 Å². The molecule has 102 valence electrons. The summed E-state index contributed by atoms with van der Waals surface area (Å²) in [6.07, 6.45) is 1.67. The summed E-state index contributed by atoms with van der Waals surface area (Å²) in [5.74, 6) is 1.05. The van der Waals surface area contributed by atoms with Crippen LogP contribution in [-0.2, 0) is 7.05 Å². The lowest BCUT2D eigenvalue weighted by molar-refractivity contribution is 0.761. The minimum absolute atomic E-state index is 0.0513. The van der Waals surface area contributed by atoms with Crippen molar-refractivity contribution in [2.75, 3.05) is 6.54 Å². The minimum atomic E-state index is 0.0513. The van der Waals surface area contributed by atoms with Gasteiger partial charge in [0.05, 0.1) is 16.7 Å². The number of nitrogens with two attached hydrogens (primary N) is 1. The van der Waals surface area contributed by atoms with Crippen molar-refractivity contribution in [1.29, 1.82) is 0 Å². The number of nitrogens with zero attached hydrogens (tertiary/aromatic N) is 4. The molecule has 3 rings (SSSR count). The van der Waals surface area contributed by atoms with Gasteiger partial charge in [0, 0.05) is 25.7 Å². The second-order valence-electron chi connectivity index (χ2n) is 4.90. The molecule has 1 atom stereocenters. The zero-order valence-electron chi connectivity index (χ0n) is 11.6. The van der Waals surface area contributed by atoms with Crippen molar-refractivity contribution in [2.24, 2.45) is 12.8 Å². The second kappa shape index (κ2) is 5.02.